The first kappa shape index (κ1) is 25.7. The third-order valence-electron chi connectivity index (χ3n) is 7.61. The van der Waals surface area contributed by atoms with E-state index in [0.29, 0.717) is 0 Å². The minimum absolute atomic E-state index is 0.00921. The van der Waals surface area contributed by atoms with Crippen LogP contribution < -0.4 is 4.90 Å². The Labute approximate surface area is 214 Å². The summed E-state index contributed by atoms with van der Waals surface area (Å²) in [7, 11) is 4.09. The molecule has 0 saturated carbocycles. The van der Waals surface area contributed by atoms with Crippen molar-refractivity contribution in [3.63, 3.8) is 0 Å². The summed E-state index contributed by atoms with van der Waals surface area (Å²) in [6.07, 6.45) is 5.05. The summed E-state index contributed by atoms with van der Waals surface area (Å²) >= 11 is 0. The zero-order valence-corrected chi connectivity index (χ0v) is 22.2. The van der Waals surface area contributed by atoms with Crippen LogP contribution in [-0.4, -0.2) is 30.3 Å². The monoisotopic (exact) mass is 483 g/mol. The molecule has 2 N–H and O–H groups in total. The second kappa shape index (κ2) is 9.59. The molecular formula is C32H37NO3. The average molecular weight is 484 g/mol. The maximum absolute atomic E-state index is 11.2. The predicted molar refractivity (Wildman–Crippen MR) is 149 cm³/mol. The first-order chi connectivity index (χ1) is 16.9. The molecule has 3 aromatic carbocycles. The van der Waals surface area contributed by atoms with Crippen molar-refractivity contribution < 1.29 is 15.0 Å². The third kappa shape index (κ3) is 5.10. The fourth-order valence-corrected chi connectivity index (χ4v) is 5.20. The first-order valence-electron chi connectivity index (χ1n) is 12.6. The van der Waals surface area contributed by atoms with Gasteiger partial charge in [-0.3, -0.25) is 0 Å². The third-order valence-corrected chi connectivity index (χ3v) is 7.61. The number of aliphatic hydroxyl groups is 1. The lowest BCUT2D eigenvalue weighted by molar-refractivity contribution is 0.0697. The lowest BCUT2D eigenvalue weighted by atomic mass is 9.61. The van der Waals surface area contributed by atoms with Crippen LogP contribution in [0.25, 0.3) is 17.2 Å². The topological polar surface area (TPSA) is 60.8 Å². The summed E-state index contributed by atoms with van der Waals surface area (Å²) in [4.78, 5) is 13.2. The van der Waals surface area contributed by atoms with E-state index in [1.54, 1.807) is 30.3 Å². The highest BCUT2D eigenvalue weighted by Gasteiger charge is 2.39. The highest BCUT2D eigenvalue weighted by molar-refractivity contribution is 5.87. The van der Waals surface area contributed by atoms with E-state index >= 15 is 0 Å². The molecule has 0 fully saturated rings. The van der Waals surface area contributed by atoms with Gasteiger partial charge in [-0.25, -0.2) is 4.79 Å². The summed E-state index contributed by atoms with van der Waals surface area (Å²) in [5.41, 5.74) is 8.18. The lowest BCUT2D eigenvalue weighted by Gasteiger charge is -2.43. The summed E-state index contributed by atoms with van der Waals surface area (Å²) in [5.74, 6) is -0.948. The molecule has 0 saturated heterocycles. The van der Waals surface area contributed by atoms with Gasteiger partial charge < -0.3 is 15.1 Å². The van der Waals surface area contributed by atoms with E-state index in [0.717, 1.165) is 35.2 Å². The molecule has 188 valence electrons. The highest BCUT2D eigenvalue weighted by atomic mass is 16.4. The largest absolute Gasteiger partial charge is 0.478 e. The molecular weight excluding hydrogens is 446 g/mol. The summed E-state index contributed by atoms with van der Waals surface area (Å²) in [5, 5.41) is 20.3. The highest BCUT2D eigenvalue weighted by Crippen LogP contribution is 2.50. The van der Waals surface area contributed by atoms with Gasteiger partial charge in [0.05, 0.1) is 11.7 Å². The number of rotatable bonds is 6. The minimum Gasteiger partial charge on any atom is -0.478 e. The fraction of sp³-hybridized carbons (Fsp3) is 0.344. The van der Waals surface area contributed by atoms with Gasteiger partial charge in [0, 0.05) is 19.8 Å². The van der Waals surface area contributed by atoms with Crippen molar-refractivity contribution in [2.75, 3.05) is 19.0 Å². The van der Waals surface area contributed by atoms with Gasteiger partial charge in [0.15, 0.2) is 0 Å². The van der Waals surface area contributed by atoms with E-state index in [1.807, 2.05) is 20.2 Å². The maximum atomic E-state index is 11.2. The standard InChI is InChI=1S/C32H37NO3/c1-31(2)17-18-32(3,4)29-26(22-12-14-25(15-13-22)33(5)6)19-24(20-27(29)31)28(34)16-9-21-7-10-23(11-8-21)30(35)36/h7-16,19-20,28,34H,17-18H2,1-6H3,(H,35,36)/b16-9+. The van der Waals surface area contributed by atoms with Crippen LogP contribution in [0.15, 0.2) is 66.7 Å². The van der Waals surface area contributed by atoms with Gasteiger partial charge in [-0.1, -0.05) is 70.2 Å². The average Bonchev–Trinajstić information content (AvgIpc) is 2.85. The molecule has 0 aliphatic heterocycles. The van der Waals surface area contributed by atoms with Gasteiger partial charge in [-0.2, -0.15) is 0 Å². The van der Waals surface area contributed by atoms with Crippen molar-refractivity contribution in [3.05, 3.63) is 94.6 Å². The number of hydrogen-bond donors (Lipinski definition) is 2. The SMILES string of the molecule is CN(C)c1ccc(-c2cc(C(O)/C=C/c3ccc(C(=O)O)cc3)cc3c2C(C)(C)CCC3(C)C)cc1. The normalized spacial score (nSPS) is 17.0. The fourth-order valence-electron chi connectivity index (χ4n) is 5.20. The number of aromatic carboxylic acids is 1. The molecule has 0 heterocycles. The summed E-state index contributed by atoms with van der Waals surface area (Å²) in [6.45, 7) is 9.26. The Morgan fingerprint density at radius 2 is 1.53 bits per heavy atom. The number of carboxylic acid groups (broad SMARTS) is 1. The number of hydrogen-bond acceptors (Lipinski definition) is 3. The summed E-state index contributed by atoms with van der Waals surface area (Å²) in [6, 6.07) is 19.6. The Hall–Kier alpha value is -3.37. The lowest BCUT2D eigenvalue weighted by Crippen LogP contribution is -2.34. The van der Waals surface area contributed by atoms with E-state index in [-0.39, 0.29) is 16.4 Å². The molecule has 4 nitrogen and oxygen atoms in total. The first-order valence-corrected chi connectivity index (χ1v) is 12.6. The van der Waals surface area contributed by atoms with Crippen LogP contribution in [0.2, 0.25) is 0 Å². The molecule has 1 aliphatic carbocycles. The molecule has 1 aliphatic rings. The predicted octanol–water partition coefficient (Wildman–Crippen LogP) is 7.21. The van der Waals surface area contributed by atoms with E-state index in [1.165, 1.54) is 16.7 Å². The van der Waals surface area contributed by atoms with E-state index in [4.69, 9.17) is 5.11 Å². The Balaban J connectivity index is 1.80. The molecule has 3 aromatic rings. The molecule has 0 bridgehead atoms. The van der Waals surface area contributed by atoms with Crippen molar-refractivity contribution in [2.45, 2.75) is 57.5 Å². The number of carboxylic acids is 1. The molecule has 4 heteroatoms. The van der Waals surface area contributed by atoms with Crippen LogP contribution in [0.4, 0.5) is 5.69 Å². The van der Waals surface area contributed by atoms with Gasteiger partial charge in [0.1, 0.15) is 0 Å². The van der Waals surface area contributed by atoms with Crippen LogP contribution in [0, 0.1) is 0 Å². The molecule has 4 rings (SSSR count). The van der Waals surface area contributed by atoms with Crippen molar-refractivity contribution in [1.82, 2.24) is 0 Å². The van der Waals surface area contributed by atoms with Crippen molar-refractivity contribution in [3.8, 4) is 11.1 Å². The van der Waals surface area contributed by atoms with Gasteiger partial charge in [0.2, 0.25) is 0 Å². The molecule has 0 radical (unpaired) electrons. The number of benzene rings is 3. The molecule has 36 heavy (non-hydrogen) atoms. The Morgan fingerprint density at radius 3 is 2.11 bits per heavy atom. The number of carbonyl (C=O) groups is 1. The smallest absolute Gasteiger partial charge is 0.335 e. The van der Waals surface area contributed by atoms with Gasteiger partial charge in [-0.05, 0) is 87.4 Å². The molecule has 1 atom stereocenters. The zero-order valence-electron chi connectivity index (χ0n) is 22.2. The summed E-state index contributed by atoms with van der Waals surface area (Å²) < 4.78 is 0. The van der Waals surface area contributed by atoms with Crippen LogP contribution in [0.1, 0.15) is 79.3 Å². The minimum atomic E-state index is -0.948. The van der Waals surface area contributed by atoms with E-state index in [2.05, 4.69) is 69.0 Å². The number of nitrogens with zero attached hydrogens (tertiary/aromatic N) is 1. The second-order valence-electron chi connectivity index (χ2n) is 11.4. The van der Waals surface area contributed by atoms with Gasteiger partial charge in [0.25, 0.3) is 0 Å². The number of anilines is 1. The number of fused-ring (bicyclic) bond motifs is 1. The van der Waals surface area contributed by atoms with Gasteiger partial charge in [-0.15, -0.1) is 0 Å². The molecule has 1 unspecified atom stereocenters. The quantitative estimate of drug-likeness (QED) is 0.389. The van der Waals surface area contributed by atoms with Gasteiger partial charge >= 0.3 is 5.97 Å². The molecule has 0 amide bonds. The van der Waals surface area contributed by atoms with Crippen LogP contribution in [0.5, 0.6) is 0 Å². The van der Waals surface area contributed by atoms with Crippen LogP contribution in [-0.2, 0) is 10.8 Å². The maximum Gasteiger partial charge on any atom is 0.335 e. The van der Waals surface area contributed by atoms with Crippen molar-refractivity contribution >= 4 is 17.7 Å². The molecule has 0 spiro atoms. The van der Waals surface area contributed by atoms with Crippen molar-refractivity contribution in [2.24, 2.45) is 0 Å². The van der Waals surface area contributed by atoms with Crippen LogP contribution >= 0.6 is 0 Å². The Morgan fingerprint density at radius 1 is 0.917 bits per heavy atom. The zero-order chi connectivity index (χ0) is 26.3. The van der Waals surface area contributed by atoms with Crippen LogP contribution in [0.3, 0.4) is 0 Å². The number of aliphatic hydroxyl groups excluding tert-OH is 1. The molecule has 0 aromatic heterocycles. The van der Waals surface area contributed by atoms with E-state index in [9.17, 15) is 9.90 Å². The van der Waals surface area contributed by atoms with Crippen molar-refractivity contribution in [1.29, 1.82) is 0 Å². The van der Waals surface area contributed by atoms with E-state index < -0.39 is 12.1 Å². The second-order valence-corrected chi connectivity index (χ2v) is 11.4. The Bertz CT molecular complexity index is 1280. The Kier molecular flexibility index (Phi) is 6.85.